The van der Waals surface area contributed by atoms with Gasteiger partial charge < -0.3 is 0 Å². The fourth-order valence-corrected chi connectivity index (χ4v) is 22.0. The molecule has 0 aromatic heterocycles. The molecule has 0 heterocycles. The molecule has 0 radical (unpaired) electrons. The second-order valence-electron chi connectivity index (χ2n) is 21.8. The molecule has 2 aromatic carbocycles. The summed E-state index contributed by atoms with van der Waals surface area (Å²) in [7, 11) is -4.10. The van der Waals surface area contributed by atoms with Crippen LogP contribution in [0.25, 0.3) is 10.8 Å². The van der Waals surface area contributed by atoms with Crippen LogP contribution in [0.4, 0.5) is 0 Å². The maximum absolute atomic E-state index is 16.1. The smallest absolute Gasteiger partial charge is 0.0654 e. The summed E-state index contributed by atoms with van der Waals surface area (Å²) in [6.07, 6.45) is 54.6. The molecule has 67 heavy (non-hydrogen) atoms. The van der Waals surface area contributed by atoms with E-state index in [4.69, 9.17) is 3.97 Å². The summed E-state index contributed by atoms with van der Waals surface area (Å²) in [5.41, 5.74) is 4.03. The first-order valence-corrected chi connectivity index (χ1v) is 34.5. The van der Waals surface area contributed by atoms with Crippen molar-refractivity contribution >= 4 is 27.7 Å². The molecule has 0 aliphatic rings. The van der Waals surface area contributed by atoms with Crippen molar-refractivity contribution in [1.82, 2.24) is 0 Å². The van der Waals surface area contributed by atoms with E-state index < -0.39 is 16.9 Å². The van der Waals surface area contributed by atoms with Gasteiger partial charge in [-0.15, -0.1) is 0 Å². The molecule has 0 amide bonds. The van der Waals surface area contributed by atoms with Gasteiger partial charge in [0.1, 0.15) is 0 Å². The van der Waals surface area contributed by atoms with E-state index >= 15 is 8.42 Å². The average Bonchev–Trinajstić information content (AvgIpc) is 3.33. The van der Waals surface area contributed by atoms with E-state index in [2.05, 4.69) is 72.7 Å². The van der Waals surface area contributed by atoms with Crippen molar-refractivity contribution in [3.05, 3.63) is 41.0 Å². The van der Waals surface area contributed by atoms with Crippen molar-refractivity contribution < 1.29 is 12.4 Å². The molecule has 0 N–H and O–H groups in total. The molecule has 2 rings (SSSR count). The number of aryl methyl sites for hydroxylation is 1. The molecule has 0 unspecified atom stereocenters. The minimum atomic E-state index is -4.10. The van der Waals surface area contributed by atoms with Gasteiger partial charge >= 0.3 is 325 Å². The molecule has 0 bridgehead atoms. The van der Waals surface area contributed by atoms with Crippen molar-refractivity contribution in [1.29, 1.82) is 0 Å². The number of unbranched alkanes of at least 4 members (excludes halogenated alkanes) is 31. The van der Waals surface area contributed by atoms with E-state index in [1.807, 2.05) is 0 Å². The monoisotopic (exact) mass is 971 g/mol. The van der Waals surface area contributed by atoms with Crippen molar-refractivity contribution in [2.75, 3.05) is 24.6 Å². The van der Waals surface area contributed by atoms with Gasteiger partial charge in [0.2, 0.25) is 0 Å². The first-order chi connectivity index (χ1) is 32.7. The molecule has 392 valence electrons. The van der Waals surface area contributed by atoms with Crippen LogP contribution in [0.1, 0.15) is 309 Å². The zero-order valence-electron chi connectivity index (χ0n) is 46.2. The zero-order chi connectivity index (χ0) is 48.8. The molecule has 5 heteroatoms. The molecule has 0 aliphatic carbocycles. The molecular formula is C62H115O3PS. The Morgan fingerprint density at radius 1 is 0.328 bits per heavy atom. The normalized spacial score (nSPS) is 12.9. The quantitative estimate of drug-likeness (QED) is 0.0490. The third-order valence-corrected chi connectivity index (χ3v) is 24.9. The summed E-state index contributed by atoms with van der Waals surface area (Å²) in [6.45, 7) is 12.9. The first-order valence-electron chi connectivity index (χ1n) is 30.2. The summed E-state index contributed by atoms with van der Waals surface area (Å²) in [4.78, 5) is 0.586. The first kappa shape index (κ1) is 62.2. The van der Waals surface area contributed by atoms with Crippen molar-refractivity contribution in [3.8, 4) is 0 Å². The van der Waals surface area contributed by atoms with Crippen LogP contribution in [-0.4, -0.2) is 33.1 Å². The minimum absolute atomic E-state index is 0.586. The third-order valence-electron chi connectivity index (χ3n) is 15.7. The number of hydrogen-bond donors (Lipinski definition) is 0. The van der Waals surface area contributed by atoms with E-state index in [0.29, 0.717) is 4.90 Å². The van der Waals surface area contributed by atoms with Crippen molar-refractivity contribution in [2.45, 2.75) is 317 Å². The van der Waals surface area contributed by atoms with Gasteiger partial charge in [0.25, 0.3) is 0 Å². The van der Waals surface area contributed by atoms with Gasteiger partial charge in [0.15, 0.2) is 0 Å². The Morgan fingerprint density at radius 3 is 0.925 bits per heavy atom. The number of fused-ring (bicyclic) bond motifs is 1. The number of benzene rings is 2. The maximum atomic E-state index is 16.1. The summed E-state index contributed by atoms with van der Waals surface area (Å²) in [5.74, 6) is 0. The van der Waals surface area contributed by atoms with Crippen molar-refractivity contribution in [3.63, 3.8) is 0 Å². The van der Waals surface area contributed by atoms with E-state index in [-0.39, 0.29) is 0 Å². The second-order valence-corrected chi connectivity index (χ2v) is 29.2. The molecule has 0 saturated carbocycles. The van der Waals surface area contributed by atoms with Crippen LogP contribution in [0, 0.1) is 0 Å². The van der Waals surface area contributed by atoms with E-state index in [1.165, 1.54) is 196 Å². The van der Waals surface area contributed by atoms with E-state index in [1.54, 1.807) is 0 Å². The Bertz CT molecular complexity index is 1560. The molecule has 0 spiro atoms. The van der Waals surface area contributed by atoms with Gasteiger partial charge in [-0.1, -0.05) is 97.8 Å². The molecule has 0 atom stereocenters. The Morgan fingerprint density at radius 2 is 0.597 bits per heavy atom. The van der Waals surface area contributed by atoms with Crippen LogP contribution in [-0.2, 0) is 33.4 Å². The molecule has 0 aliphatic heterocycles. The average molecular weight is 972 g/mol. The summed E-state index contributed by atoms with van der Waals surface area (Å²) in [6, 6.07) is 8.75. The van der Waals surface area contributed by atoms with Crippen LogP contribution in [0.3, 0.4) is 0 Å². The molecule has 3 nitrogen and oxygen atoms in total. The minimum Gasteiger partial charge on any atom is -0.0654 e. The molecular weight excluding hydrogens is 856 g/mol. The fourth-order valence-electron chi connectivity index (χ4n) is 11.5. The summed E-state index contributed by atoms with van der Waals surface area (Å²) in [5, 5.41) is 2.14. The number of rotatable bonds is 48. The standard InChI is InChI=1S/C62H115O3PS/c1-8-15-22-25-28-31-34-37-40-43-48-57-58(49-44-41-38-35-32-29-26-23-16-9-2)60(51-45-42-39-36-33-30-27-24-17-10-3)62(61-52-47-46-50-59(57)61)67(63,64)65-66(53-18-11-4,54-19-12-5,55-20-13-6)56-21-14-7/h46-47,50,52H,8-45,48-49,51,53-56H2,1-7H3. The van der Waals surface area contributed by atoms with E-state index in [0.717, 1.165) is 119 Å². The SMILES string of the molecule is CCCCCCCCCCCCc1c(CCCCCCCCCCCC)c(S(=O)(=O)OP(CCCC)(CCCC)(CCCC)CCCC)c2ccccc2c1CCCCCCCCCCCC. The van der Waals surface area contributed by atoms with E-state index in [9.17, 15) is 0 Å². The summed E-state index contributed by atoms with van der Waals surface area (Å²) >= 11 is 0. The number of hydrogen-bond acceptors (Lipinski definition) is 3. The fraction of sp³-hybridized carbons (Fsp3) is 0.839. The van der Waals surface area contributed by atoms with Gasteiger partial charge in [0, 0.05) is 0 Å². The van der Waals surface area contributed by atoms with Crippen LogP contribution < -0.4 is 0 Å². The zero-order valence-corrected chi connectivity index (χ0v) is 47.9. The Labute approximate surface area is 420 Å². The van der Waals surface area contributed by atoms with Crippen LogP contribution in [0.2, 0.25) is 0 Å². The van der Waals surface area contributed by atoms with Gasteiger partial charge in [-0.3, -0.25) is 0 Å². The Kier molecular flexibility index (Phi) is 35.9. The van der Waals surface area contributed by atoms with Crippen molar-refractivity contribution in [2.24, 2.45) is 0 Å². The van der Waals surface area contributed by atoms with Crippen LogP contribution in [0.5, 0.6) is 0 Å². The van der Waals surface area contributed by atoms with Crippen LogP contribution in [0.15, 0.2) is 29.2 Å². The third kappa shape index (κ3) is 24.3. The van der Waals surface area contributed by atoms with Gasteiger partial charge in [-0.25, -0.2) is 0 Å². The van der Waals surface area contributed by atoms with Gasteiger partial charge in [-0.2, -0.15) is 0 Å². The Hall–Kier alpha value is -0.960. The summed E-state index contributed by atoms with van der Waals surface area (Å²) < 4.78 is 39.7. The van der Waals surface area contributed by atoms with Gasteiger partial charge in [-0.05, 0) is 0 Å². The predicted molar refractivity (Wildman–Crippen MR) is 305 cm³/mol. The molecule has 2 aromatic rings. The van der Waals surface area contributed by atoms with Crippen LogP contribution >= 0.6 is 6.83 Å². The molecule has 0 fully saturated rings. The molecule has 0 saturated heterocycles. The second kappa shape index (κ2) is 38.7. The predicted octanol–water partition coefficient (Wildman–Crippen LogP) is 21.6. The van der Waals surface area contributed by atoms with Gasteiger partial charge in [0.05, 0.1) is 0 Å². The topological polar surface area (TPSA) is 43.4 Å². The Balaban J connectivity index is 2.72.